The number of aryl methyl sites for hydroxylation is 1. The first kappa shape index (κ1) is 31.5. The molecule has 0 bridgehead atoms. The second-order valence-corrected chi connectivity index (χ2v) is 9.34. The van der Waals surface area contributed by atoms with Gasteiger partial charge in [-0.2, -0.15) is 0 Å². The molecule has 11 heteroatoms. The number of carbonyl (C=O) groups is 2. The summed E-state index contributed by atoms with van der Waals surface area (Å²) < 4.78 is 15.9. The van der Waals surface area contributed by atoms with Gasteiger partial charge < -0.3 is 35.1 Å². The highest BCUT2D eigenvalue weighted by Crippen LogP contribution is 2.27. The number of H-pyrrole nitrogens is 1. The van der Waals surface area contributed by atoms with E-state index in [1.807, 2.05) is 25.1 Å². The van der Waals surface area contributed by atoms with E-state index in [1.54, 1.807) is 58.4 Å². The fourth-order valence-electron chi connectivity index (χ4n) is 4.05. The van der Waals surface area contributed by atoms with E-state index in [-0.39, 0.29) is 29.6 Å². The molecular formula is C31H37N5O6. The number of amides is 1. The van der Waals surface area contributed by atoms with Gasteiger partial charge >= 0.3 is 5.97 Å². The first-order valence-electron chi connectivity index (χ1n) is 13.4. The van der Waals surface area contributed by atoms with Gasteiger partial charge in [-0.3, -0.25) is 9.59 Å². The summed E-state index contributed by atoms with van der Waals surface area (Å²) in [4.78, 5) is 45.5. The fraction of sp³-hybridized carbons (Fsp3) is 0.290. The molecule has 1 atom stereocenters. The molecule has 222 valence electrons. The van der Waals surface area contributed by atoms with Crippen LogP contribution >= 0.6 is 0 Å². The number of pyridine rings is 2. The maximum Gasteiger partial charge on any atom is 0.341 e. The SMILES string of the molecule is C=C/C=C\CC(C)NC(=O)c1[nH]c(=O)c(Nc2cc(NCc3ccc(OC)cc3OC)ncc2C(=O)OCC)cc1C. The molecule has 2 aromatic heterocycles. The third-order valence-corrected chi connectivity index (χ3v) is 6.23. The largest absolute Gasteiger partial charge is 0.497 e. The Kier molecular flexibility index (Phi) is 11.3. The number of nitrogens with one attached hydrogen (secondary N) is 4. The van der Waals surface area contributed by atoms with Crippen LogP contribution in [0.4, 0.5) is 17.2 Å². The van der Waals surface area contributed by atoms with Gasteiger partial charge in [-0.15, -0.1) is 0 Å². The molecule has 1 aromatic carbocycles. The zero-order chi connectivity index (χ0) is 30.6. The van der Waals surface area contributed by atoms with Crippen molar-refractivity contribution in [3.8, 4) is 11.5 Å². The van der Waals surface area contributed by atoms with E-state index in [0.717, 1.165) is 5.56 Å². The van der Waals surface area contributed by atoms with Gasteiger partial charge in [-0.1, -0.05) is 24.8 Å². The average molecular weight is 576 g/mol. The summed E-state index contributed by atoms with van der Waals surface area (Å²) in [6.45, 7) is 9.44. The molecule has 11 nitrogen and oxygen atoms in total. The van der Waals surface area contributed by atoms with E-state index in [0.29, 0.717) is 41.5 Å². The van der Waals surface area contributed by atoms with Crippen molar-refractivity contribution in [3.05, 3.63) is 94.1 Å². The minimum Gasteiger partial charge on any atom is -0.497 e. The Bertz CT molecular complexity index is 1510. The van der Waals surface area contributed by atoms with Gasteiger partial charge in [0.15, 0.2) is 0 Å². The van der Waals surface area contributed by atoms with Crippen molar-refractivity contribution in [1.29, 1.82) is 0 Å². The normalized spacial score (nSPS) is 11.5. The van der Waals surface area contributed by atoms with Crippen molar-refractivity contribution < 1.29 is 23.8 Å². The average Bonchev–Trinajstić information content (AvgIpc) is 2.97. The number of methoxy groups -OCH3 is 2. The Balaban J connectivity index is 1.86. The smallest absolute Gasteiger partial charge is 0.341 e. The number of ether oxygens (including phenoxy) is 3. The van der Waals surface area contributed by atoms with Crippen LogP contribution < -0.4 is 31.0 Å². The standard InChI is InChI=1S/C31H37N5O6/c1-7-9-10-11-20(4)34-30(38)28-19(3)14-25(29(37)36-28)35-24-16-27(33-18-23(24)31(39)42-8-2)32-17-21-12-13-22(40-5)15-26(21)41-6/h7,9-10,12-16,18,20H,1,8,11,17H2,2-6H3,(H,34,38)(H,36,37)(H2,32,33,35)/b10-9-. The number of carbonyl (C=O) groups excluding carboxylic acids is 2. The molecule has 2 heterocycles. The number of nitrogens with zero attached hydrogens (tertiary/aromatic N) is 1. The molecule has 0 fully saturated rings. The Morgan fingerprint density at radius 3 is 2.62 bits per heavy atom. The summed E-state index contributed by atoms with van der Waals surface area (Å²) >= 11 is 0. The lowest BCUT2D eigenvalue weighted by atomic mass is 10.1. The maximum absolute atomic E-state index is 13.0. The molecule has 4 N–H and O–H groups in total. The number of hydrogen-bond donors (Lipinski definition) is 4. The topological polar surface area (TPSA) is 144 Å². The fourth-order valence-corrected chi connectivity index (χ4v) is 4.05. The zero-order valence-corrected chi connectivity index (χ0v) is 24.5. The lowest BCUT2D eigenvalue weighted by Gasteiger charge is -2.16. The van der Waals surface area contributed by atoms with Gasteiger partial charge in [0, 0.05) is 36.5 Å². The molecule has 1 amide bonds. The highest BCUT2D eigenvalue weighted by atomic mass is 16.5. The van der Waals surface area contributed by atoms with E-state index >= 15 is 0 Å². The molecule has 0 spiro atoms. The van der Waals surface area contributed by atoms with Crippen molar-refractivity contribution in [2.75, 3.05) is 31.5 Å². The summed E-state index contributed by atoms with van der Waals surface area (Å²) in [5.41, 5.74) is 1.61. The zero-order valence-electron chi connectivity index (χ0n) is 24.5. The summed E-state index contributed by atoms with van der Waals surface area (Å²) in [5.74, 6) is 0.745. The maximum atomic E-state index is 13.0. The molecule has 0 saturated heterocycles. The third kappa shape index (κ3) is 8.23. The van der Waals surface area contributed by atoms with E-state index in [9.17, 15) is 14.4 Å². The van der Waals surface area contributed by atoms with E-state index in [2.05, 4.69) is 32.5 Å². The molecule has 42 heavy (non-hydrogen) atoms. The second kappa shape index (κ2) is 15.1. The number of allylic oxidation sites excluding steroid dienone is 2. The summed E-state index contributed by atoms with van der Waals surface area (Å²) in [6, 6.07) is 8.48. The Morgan fingerprint density at radius 1 is 1.14 bits per heavy atom. The summed E-state index contributed by atoms with van der Waals surface area (Å²) in [5, 5.41) is 9.10. The lowest BCUT2D eigenvalue weighted by molar-refractivity contribution is 0.0527. The minimum absolute atomic E-state index is 0.143. The monoisotopic (exact) mass is 575 g/mol. The van der Waals surface area contributed by atoms with Crippen LogP contribution in [0.5, 0.6) is 11.5 Å². The van der Waals surface area contributed by atoms with Crippen LogP contribution in [0.15, 0.2) is 66.1 Å². The summed E-state index contributed by atoms with van der Waals surface area (Å²) in [7, 11) is 3.15. The lowest BCUT2D eigenvalue weighted by Crippen LogP contribution is -2.34. The van der Waals surface area contributed by atoms with Crippen LogP contribution in [0.25, 0.3) is 0 Å². The molecule has 0 radical (unpaired) electrons. The molecule has 3 rings (SSSR count). The first-order chi connectivity index (χ1) is 20.2. The Labute approximate surface area is 245 Å². The van der Waals surface area contributed by atoms with Gasteiger partial charge in [0.1, 0.15) is 34.3 Å². The van der Waals surface area contributed by atoms with Crippen LogP contribution in [0.3, 0.4) is 0 Å². The highest BCUT2D eigenvalue weighted by molar-refractivity contribution is 5.97. The van der Waals surface area contributed by atoms with E-state index in [1.165, 1.54) is 6.20 Å². The van der Waals surface area contributed by atoms with Gasteiger partial charge in [0.05, 0.1) is 26.5 Å². The number of benzene rings is 1. The van der Waals surface area contributed by atoms with Crippen molar-refractivity contribution in [3.63, 3.8) is 0 Å². The second-order valence-electron chi connectivity index (χ2n) is 9.34. The molecule has 0 aliphatic carbocycles. The number of aromatic amines is 1. The van der Waals surface area contributed by atoms with Gasteiger partial charge in [0.2, 0.25) is 0 Å². The number of rotatable bonds is 14. The van der Waals surface area contributed by atoms with E-state index in [4.69, 9.17) is 14.2 Å². The van der Waals surface area contributed by atoms with Crippen LogP contribution in [0.2, 0.25) is 0 Å². The van der Waals surface area contributed by atoms with Crippen molar-refractivity contribution in [1.82, 2.24) is 15.3 Å². The number of anilines is 3. The van der Waals surface area contributed by atoms with Gasteiger partial charge in [0.25, 0.3) is 11.5 Å². The third-order valence-electron chi connectivity index (χ3n) is 6.23. The molecule has 0 saturated carbocycles. The Hall–Kier alpha value is -5.06. The van der Waals surface area contributed by atoms with Crippen LogP contribution in [0.1, 0.15) is 52.2 Å². The highest BCUT2D eigenvalue weighted by Gasteiger charge is 2.19. The van der Waals surface area contributed by atoms with Crippen LogP contribution in [-0.4, -0.2) is 48.7 Å². The van der Waals surface area contributed by atoms with Crippen molar-refractivity contribution in [2.24, 2.45) is 0 Å². The molecule has 3 aromatic rings. The number of hydrogen-bond acceptors (Lipinski definition) is 9. The number of esters is 1. The Morgan fingerprint density at radius 2 is 1.93 bits per heavy atom. The van der Waals surface area contributed by atoms with Crippen LogP contribution in [-0.2, 0) is 11.3 Å². The molecule has 0 aliphatic rings. The molecule has 1 unspecified atom stereocenters. The first-order valence-corrected chi connectivity index (χ1v) is 13.4. The molecule has 0 aliphatic heterocycles. The predicted octanol–water partition coefficient (Wildman–Crippen LogP) is 4.88. The van der Waals surface area contributed by atoms with E-state index < -0.39 is 17.4 Å². The summed E-state index contributed by atoms with van der Waals surface area (Å²) in [6.07, 6.45) is 7.35. The minimum atomic E-state index is -0.598. The quantitative estimate of drug-likeness (QED) is 0.156. The number of aromatic nitrogens is 2. The van der Waals surface area contributed by atoms with Gasteiger partial charge in [-0.05, 0) is 51.0 Å². The van der Waals surface area contributed by atoms with Crippen molar-refractivity contribution in [2.45, 2.75) is 39.8 Å². The van der Waals surface area contributed by atoms with Crippen molar-refractivity contribution >= 4 is 29.1 Å². The van der Waals surface area contributed by atoms with Crippen LogP contribution in [0, 0.1) is 6.92 Å². The molecular weight excluding hydrogens is 538 g/mol. The predicted molar refractivity (Wildman–Crippen MR) is 163 cm³/mol. The van der Waals surface area contributed by atoms with Gasteiger partial charge in [-0.25, -0.2) is 9.78 Å².